The van der Waals surface area contributed by atoms with Crippen molar-refractivity contribution in [2.45, 2.75) is 37.6 Å². The summed E-state index contributed by atoms with van der Waals surface area (Å²) in [6.07, 6.45) is 8.98. The van der Waals surface area contributed by atoms with Crippen LogP contribution < -0.4 is 5.73 Å². The van der Waals surface area contributed by atoms with E-state index in [0.717, 1.165) is 25.7 Å². The van der Waals surface area contributed by atoms with E-state index in [0.29, 0.717) is 12.3 Å². The molecular formula is C10H15NO. The summed E-state index contributed by atoms with van der Waals surface area (Å²) in [5, 5.41) is 0. The van der Waals surface area contributed by atoms with Gasteiger partial charge in [0.1, 0.15) is 0 Å². The quantitative estimate of drug-likeness (QED) is 0.642. The lowest BCUT2D eigenvalue weighted by atomic mass is 9.96. The van der Waals surface area contributed by atoms with E-state index in [1.807, 2.05) is 0 Å². The number of Topliss-reactive ketones (excluding diaryl/α,β-unsaturated/α-hetero) is 1. The third kappa shape index (κ3) is 1.44. The molecule has 2 aliphatic rings. The summed E-state index contributed by atoms with van der Waals surface area (Å²) in [4.78, 5) is 11.5. The van der Waals surface area contributed by atoms with Crippen molar-refractivity contribution in [3.63, 3.8) is 0 Å². The van der Waals surface area contributed by atoms with Gasteiger partial charge in [-0.1, -0.05) is 12.2 Å². The Morgan fingerprint density at radius 3 is 2.50 bits per heavy atom. The highest BCUT2D eigenvalue weighted by Crippen LogP contribution is 2.36. The predicted molar refractivity (Wildman–Crippen MR) is 47.6 cm³/mol. The Hall–Kier alpha value is -0.630. The van der Waals surface area contributed by atoms with Crippen molar-refractivity contribution >= 4 is 5.78 Å². The third-order valence-electron chi connectivity index (χ3n) is 2.92. The number of allylic oxidation sites excluding steroid dienone is 2. The Kier molecular flexibility index (Phi) is 1.80. The van der Waals surface area contributed by atoms with Crippen LogP contribution in [0.4, 0.5) is 0 Å². The maximum absolute atomic E-state index is 11.5. The first-order valence-electron chi connectivity index (χ1n) is 4.68. The molecule has 12 heavy (non-hydrogen) atoms. The molecule has 0 aromatic heterocycles. The Morgan fingerprint density at radius 2 is 2.00 bits per heavy atom. The van der Waals surface area contributed by atoms with Gasteiger partial charge in [0.05, 0.1) is 5.54 Å². The maximum Gasteiger partial charge on any atom is 0.152 e. The second-order valence-electron chi connectivity index (χ2n) is 4.09. The molecule has 1 saturated carbocycles. The molecule has 1 fully saturated rings. The predicted octanol–water partition coefficient (Wildman–Crippen LogP) is 1.40. The lowest BCUT2D eigenvalue weighted by Crippen LogP contribution is -2.33. The largest absolute Gasteiger partial charge is 0.319 e. The molecule has 2 N–H and O–H groups in total. The average Bonchev–Trinajstić information content (AvgIpc) is 2.63. The van der Waals surface area contributed by atoms with Crippen LogP contribution in [0.2, 0.25) is 0 Å². The second-order valence-corrected chi connectivity index (χ2v) is 4.09. The van der Waals surface area contributed by atoms with Gasteiger partial charge in [0, 0.05) is 6.42 Å². The minimum atomic E-state index is -0.400. The van der Waals surface area contributed by atoms with E-state index in [4.69, 9.17) is 5.73 Å². The van der Waals surface area contributed by atoms with Crippen LogP contribution in [0, 0.1) is 5.92 Å². The van der Waals surface area contributed by atoms with E-state index >= 15 is 0 Å². The standard InChI is InChI=1S/C10H15NO/c11-10(5-6-10)9(12)7-8-3-1-2-4-8/h1-2,8H,3-7,11H2. The molecule has 0 radical (unpaired) electrons. The molecule has 0 heterocycles. The first-order valence-corrected chi connectivity index (χ1v) is 4.68. The van der Waals surface area contributed by atoms with Gasteiger partial charge in [-0.15, -0.1) is 0 Å². The molecule has 66 valence electrons. The van der Waals surface area contributed by atoms with Crippen molar-refractivity contribution in [1.29, 1.82) is 0 Å². The first kappa shape index (κ1) is 7.99. The molecule has 0 spiro atoms. The number of carbonyl (C=O) groups is 1. The van der Waals surface area contributed by atoms with Gasteiger partial charge in [0.25, 0.3) is 0 Å². The van der Waals surface area contributed by atoms with Crippen molar-refractivity contribution in [2.24, 2.45) is 11.7 Å². The number of nitrogens with two attached hydrogens (primary N) is 1. The van der Waals surface area contributed by atoms with Gasteiger partial charge in [-0.2, -0.15) is 0 Å². The Morgan fingerprint density at radius 1 is 1.42 bits per heavy atom. The molecule has 0 unspecified atom stereocenters. The number of ketones is 1. The average molecular weight is 165 g/mol. The van der Waals surface area contributed by atoms with Gasteiger partial charge in [-0.25, -0.2) is 0 Å². The van der Waals surface area contributed by atoms with Crippen molar-refractivity contribution in [3.05, 3.63) is 12.2 Å². The van der Waals surface area contributed by atoms with E-state index in [2.05, 4.69) is 12.2 Å². The highest BCUT2D eigenvalue weighted by molar-refractivity contribution is 5.91. The summed E-state index contributed by atoms with van der Waals surface area (Å²) in [6, 6.07) is 0. The van der Waals surface area contributed by atoms with Gasteiger partial charge in [-0.05, 0) is 31.6 Å². The molecule has 2 aliphatic carbocycles. The monoisotopic (exact) mass is 165 g/mol. The van der Waals surface area contributed by atoms with Gasteiger partial charge in [-0.3, -0.25) is 4.79 Å². The molecule has 2 heteroatoms. The van der Waals surface area contributed by atoms with Gasteiger partial charge in [0.2, 0.25) is 0 Å². The zero-order valence-electron chi connectivity index (χ0n) is 7.25. The zero-order chi connectivity index (χ0) is 8.60. The molecule has 0 aromatic carbocycles. The van der Waals surface area contributed by atoms with Crippen molar-refractivity contribution in [3.8, 4) is 0 Å². The van der Waals surface area contributed by atoms with Crippen molar-refractivity contribution < 1.29 is 4.79 Å². The second kappa shape index (κ2) is 2.70. The lowest BCUT2D eigenvalue weighted by molar-refractivity contribution is -0.122. The number of carbonyl (C=O) groups excluding carboxylic acids is 1. The third-order valence-corrected chi connectivity index (χ3v) is 2.92. The van der Waals surface area contributed by atoms with E-state index in [9.17, 15) is 4.79 Å². The Labute approximate surface area is 72.8 Å². The topological polar surface area (TPSA) is 43.1 Å². The van der Waals surface area contributed by atoms with Crippen LogP contribution in [0.1, 0.15) is 32.1 Å². The van der Waals surface area contributed by atoms with Crippen LogP contribution in [-0.4, -0.2) is 11.3 Å². The van der Waals surface area contributed by atoms with Crippen LogP contribution in [0.5, 0.6) is 0 Å². The summed E-state index contributed by atoms with van der Waals surface area (Å²) >= 11 is 0. The fourth-order valence-electron chi connectivity index (χ4n) is 1.72. The minimum absolute atomic E-state index is 0.288. The highest BCUT2D eigenvalue weighted by atomic mass is 16.1. The van der Waals surface area contributed by atoms with Gasteiger partial charge < -0.3 is 5.73 Å². The molecular weight excluding hydrogens is 150 g/mol. The maximum atomic E-state index is 11.5. The van der Waals surface area contributed by atoms with E-state index in [1.54, 1.807) is 0 Å². The summed E-state index contributed by atoms with van der Waals surface area (Å²) in [6.45, 7) is 0. The number of hydrogen-bond acceptors (Lipinski definition) is 2. The molecule has 2 rings (SSSR count). The van der Waals surface area contributed by atoms with Crippen LogP contribution >= 0.6 is 0 Å². The number of rotatable bonds is 3. The van der Waals surface area contributed by atoms with E-state index in [-0.39, 0.29) is 5.78 Å². The first-order chi connectivity index (χ1) is 5.71. The minimum Gasteiger partial charge on any atom is -0.319 e. The fraction of sp³-hybridized carbons (Fsp3) is 0.700. The Balaban J connectivity index is 1.83. The van der Waals surface area contributed by atoms with Gasteiger partial charge in [0.15, 0.2) is 5.78 Å². The van der Waals surface area contributed by atoms with Crippen molar-refractivity contribution in [2.75, 3.05) is 0 Å². The number of hydrogen-bond donors (Lipinski definition) is 1. The molecule has 2 nitrogen and oxygen atoms in total. The molecule has 0 aromatic rings. The molecule has 0 atom stereocenters. The molecule has 0 bridgehead atoms. The van der Waals surface area contributed by atoms with Crippen LogP contribution in [0.15, 0.2) is 12.2 Å². The molecule has 0 saturated heterocycles. The summed E-state index contributed by atoms with van der Waals surface area (Å²) in [5.74, 6) is 0.842. The molecule has 0 aliphatic heterocycles. The lowest BCUT2D eigenvalue weighted by Gasteiger charge is -2.11. The zero-order valence-corrected chi connectivity index (χ0v) is 7.25. The SMILES string of the molecule is NC1(C(=O)CC2CC=CC2)CC1. The van der Waals surface area contributed by atoms with E-state index < -0.39 is 5.54 Å². The van der Waals surface area contributed by atoms with E-state index in [1.165, 1.54) is 0 Å². The summed E-state index contributed by atoms with van der Waals surface area (Å²) in [5.41, 5.74) is 5.40. The van der Waals surface area contributed by atoms with Crippen molar-refractivity contribution in [1.82, 2.24) is 0 Å². The fourth-order valence-corrected chi connectivity index (χ4v) is 1.72. The van der Waals surface area contributed by atoms with Crippen LogP contribution in [-0.2, 0) is 4.79 Å². The summed E-state index contributed by atoms with van der Waals surface area (Å²) in [7, 11) is 0. The highest BCUT2D eigenvalue weighted by Gasteiger charge is 2.45. The smallest absolute Gasteiger partial charge is 0.152 e. The van der Waals surface area contributed by atoms with Crippen LogP contribution in [0.3, 0.4) is 0 Å². The van der Waals surface area contributed by atoms with Gasteiger partial charge >= 0.3 is 0 Å². The molecule has 0 amide bonds. The Bertz CT molecular complexity index is 220. The van der Waals surface area contributed by atoms with Crippen LogP contribution in [0.25, 0.3) is 0 Å². The normalized spacial score (nSPS) is 26.1. The summed E-state index contributed by atoms with van der Waals surface area (Å²) < 4.78 is 0.